The zero-order chi connectivity index (χ0) is 19.1. The largest absolute Gasteiger partial charge is 0.277 e. The van der Waals surface area contributed by atoms with E-state index in [4.69, 9.17) is 0 Å². The second-order valence-corrected chi connectivity index (χ2v) is 6.67. The highest BCUT2D eigenvalue weighted by Crippen LogP contribution is 2.25. The average molecular weight is 349 g/mol. The van der Waals surface area contributed by atoms with Crippen LogP contribution in [0.4, 0.5) is 0 Å². The Balaban J connectivity index is 2.75. The Hall–Kier alpha value is -2.48. The molecule has 0 saturated heterocycles. The summed E-state index contributed by atoms with van der Waals surface area (Å²) in [5.74, 6) is 0. The van der Waals surface area contributed by atoms with Crippen molar-refractivity contribution in [3.8, 4) is 11.4 Å². The SMILES string of the molecule is CC=CC=CC(=C(CC)CC)c1cc(C)cc(-c2cccc[n+]2C)[n+]1C. The molecule has 2 rings (SSSR count). The third-order valence-corrected chi connectivity index (χ3v) is 4.85. The van der Waals surface area contributed by atoms with Gasteiger partial charge in [-0.25, -0.2) is 0 Å². The van der Waals surface area contributed by atoms with Gasteiger partial charge >= 0.3 is 0 Å². The quantitative estimate of drug-likeness (QED) is 0.512. The minimum Gasteiger partial charge on any atom is -0.196 e. The van der Waals surface area contributed by atoms with Crippen LogP contribution in [-0.2, 0) is 14.1 Å². The predicted octanol–water partition coefficient (Wildman–Crippen LogP) is 5.02. The molecule has 0 aliphatic carbocycles. The molecule has 0 N–H and O–H groups in total. The first-order chi connectivity index (χ1) is 12.5. The van der Waals surface area contributed by atoms with Gasteiger partial charge in [0.15, 0.2) is 6.20 Å². The van der Waals surface area contributed by atoms with Gasteiger partial charge in [-0.15, -0.1) is 0 Å². The predicted molar refractivity (Wildman–Crippen MR) is 110 cm³/mol. The number of aromatic nitrogens is 2. The lowest BCUT2D eigenvalue weighted by molar-refractivity contribution is -0.691. The molecule has 0 saturated carbocycles. The number of aryl methyl sites for hydroxylation is 2. The van der Waals surface area contributed by atoms with E-state index in [2.05, 4.69) is 112 Å². The van der Waals surface area contributed by atoms with E-state index in [1.165, 1.54) is 33.8 Å². The lowest BCUT2D eigenvalue weighted by Crippen LogP contribution is -2.41. The normalized spacial score (nSPS) is 11.5. The first kappa shape index (κ1) is 19.8. The Labute approximate surface area is 158 Å². The first-order valence-corrected chi connectivity index (χ1v) is 9.50. The van der Waals surface area contributed by atoms with E-state index in [1.54, 1.807) is 0 Å². The molecule has 2 nitrogen and oxygen atoms in total. The fourth-order valence-electron chi connectivity index (χ4n) is 3.37. The number of allylic oxidation sites excluding steroid dienone is 6. The number of hydrogen-bond donors (Lipinski definition) is 0. The van der Waals surface area contributed by atoms with Crippen molar-refractivity contribution in [1.82, 2.24) is 0 Å². The lowest BCUT2D eigenvalue weighted by atomic mass is 9.97. The average Bonchev–Trinajstić information content (AvgIpc) is 2.64. The number of nitrogens with zero attached hydrogens (tertiary/aromatic N) is 2. The van der Waals surface area contributed by atoms with Gasteiger partial charge in [0.25, 0.3) is 11.4 Å². The smallest absolute Gasteiger partial charge is 0.196 e. The van der Waals surface area contributed by atoms with Gasteiger partial charge in [-0.3, -0.25) is 0 Å². The van der Waals surface area contributed by atoms with Crippen LogP contribution in [0.15, 0.2) is 66.4 Å². The molecule has 0 fully saturated rings. The molecule has 2 heterocycles. The van der Waals surface area contributed by atoms with Crippen LogP contribution >= 0.6 is 0 Å². The highest BCUT2D eigenvalue weighted by molar-refractivity contribution is 5.74. The highest BCUT2D eigenvalue weighted by atomic mass is 15.0. The molecule has 2 heteroatoms. The molecule has 0 bridgehead atoms. The van der Waals surface area contributed by atoms with Crippen LogP contribution in [0.5, 0.6) is 0 Å². The van der Waals surface area contributed by atoms with E-state index in [-0.39, 0.29) is 0 Å². The summed E-state index contributed by atoms with van der Waals surface area (Å²) in [5, 5.41) is 0. The van der Waals surface area contributed by atoms with E-state index < -0.39 is 0 Å². The van der Waals surface area contributed by atoms with E-state index in [0.29, 0.717) is 0 Å². The number of hydrogen-bond acceptors (Lipinski definition) is 0. The standard InChI is InChI=1S/C24H32N2/c1-7-10-11-14-21(20(8-2)9-3)23-17-19(4)18-24(26(23)6)22-15-12-13-16-25(22)5/h7,10-18H,8-9H2,1-6H3/q+2. The zero-order valence-electron chi connectivity index (χ0n) is 17.1. The Bertz CT molecular complexity index is 849. The summed E-state index contributed by atoms with van der Waals surface area (Å²) in [6.45, 7) is 8.72. The molecule has 136 valence electrons. The van der Waals surface area contributed by atoms with Crippen LogP contribution in [0.2, 0.25) is 0 Å². The fourth-order valence-corrected chi connectivity index (χ4v) is 3.37. The molecule has 0 spiro atoms. The van der Waals surface area contributed by atoms with Crippen LogP contribution in [-0.4, -0.2) is 0 Å². The highest BCUT2D eigenvalue weighted by Gasteiger charge is 2.24. The maximum atomic E-state index is 2.32. The molecule has 2 aromatic heterocycles. The van der Waals surface area contributed by atoms with Gasteiger partial charge in [0.05, 0.1) is 0 Å². The van der Waals surface area contributed by atoms with E-state index >= 15 is 0 Å². The van der Waals surface area contributed by atoms with Crippen LogP contribution < -0.4 is 9.13 Å². The molecule has 0 atom stereocenters. The molecular weight excluding hydrogens is 316 g/mol. The summed E-state index contributed by atoms with van der Waals surface area (Å²) < 4.78 is 4.50. The molecular formula is C24H32N2+2. The Morgan fingerprint density at radius 2 is 1.73 bits per heavy atom. The molecule has 0 aliphatic rings. The van der Waals surface area contributed by atoms with Crippen molar-refractivity contribution in [2.24, 2.45) is 14.1 Å². The third-order valence-electron chi connectivity index (χ3n) is 4.85. The molecule has 0 unspecified atom stereocenters. The van der Waals surface area contributed by atoms with Crippen LogP contribution in [0.25, 0.3) is 17.0 Å². The van der Waals surface area contributed by atoms with Gasteiger partial charge in [-0.1, -0.05) is 37.6 Å². The van der Waals surface area contributed by atoms with Crippen molar-refractivity contribution in [2.45, 2.75) is 40.5 Å². The summed E-state index contributed by atoms with van der Waals surface area (Å²) in [4.78, 5) is 0. The van der Waals surface area contributed by atoms with Crippen LogP contribution in [0.3, 0.4) is 0 Å². The van der Waals surface area contributed by atoms with Crippen molar-refractivity contribution in [2.75, 3.05) is 0 Å². The van der Waals surface area contributed by atoms with E-state index in [9.17, 15) is 0 Å². The fraction of sp³-hybridized carbons (Fsp3) is 0.333. The molecule has 0 aliphatic heterocycles. The minimum atomic E-state index is 1.06. The van der Waals surface area contributed by atoms with Gasteiger partial charge in [0.1, 0.15) is 14.1 Å². The van der Waals surface area contributed by atoms with Crippen molar-refractivity contribution in [1.29, 1.82) is 0 Å². The summed E-state index contributed by atoms with van der Waals surface area (Å²) in [7, 11) is 4.27. The molecule has 26 heavy (non-hydrogen) atoms. The second-order valence-electron chi connectivity index (χ2n) is 6.67. The van der Waals surface area contributed by atoms with Crippen LogP contribution in [0.1, 0.15) is 44.9 Å². The molecule has 0 aromatic carbocycles. The summed E-state index contributed by atoms with van der Waals surface area (Å²) >= 11 is 0. The number of rotatable bonds is 6. The van der Waals surface area contributed by atoms with Gasteiger partial charge in [-0.2, -0.15) is 9.13 Å². The van der Waals surface area contributed by atoms with Crippen molar-refractivity contribution < 1.29 is 9.13 Å². The maximum absolute atomic E-state index is 2.32. The van der Waals surface area contributed by atoms with Crippen molar-refractivity contribution in [3.63, 3.8) is 0 Å². The number of pyridine rings is 2. The maximum Gasteiger partial charge on any atom is 0.277 e. The second kappa shape index (κ2) is 9.28. The van der Waals surface area contributed by atoms with Gasteiger partial charge in [0, 0.05) is 29.8 Å². The molecule has 0 radical (unpaired) electrons. The topological polar surface area (TPSA) is 7.76 Å². The monoisotopic (exact) mass is 348 g/mol. The summed E-state index contributed by atoms with van der Waals surface area (Å²) in [5.41, 5.74) is 7.80. The minimum absolute atomic E-state index is 1.06. The van der Waals surface area contributed by atoms with E-state index in [1.807, 2.05) is 0 Å². The summed E-state index contributed by atoms with van der Waals surface area (Å²) in [6.07, 6.45) is 12.8. The first-order valence-electron chi connectivity index (χ1n) is 9.50. The molecule has 2 aromatic rings. The summed E-state index contributed by atoms with van der Waals surface area (Å²) in [6, 6.07) is 10.9. The van der Waals surface area contributed by atoms with Crippen molar-refractivity contribution in [3.05, 3.63) is 77.7 Å². The van der Waals surface area contributed by atoms with Gasteiger partial charge in [0.2, 0.25) is 5.69 Å². The van der Waals surface area contributed by atoms with E-state index in [0.717, 1.165) is 12.8 Å². The Morgan fingerprint density at radius 1 is 1.00 bits per heavy atom. The Morgan fingerprint density at radius 3 is 2.35 bits per heavy atom. The van der Waals surface area contributed by atoms with Crippen LogP contribution in [0, 0.1) is 6.92 Å². The third kappa shape index (κ3) is 4.37. The van der Waals surface area contributed by atoms with Gasteiger partial charge < -0.3 is 0 Å². The zero-order valence-corrected chi connectivity index (χ0v) is 17.1. The Kier molecular flexibility index (Phi) is 7.08. The lowest BCUT2D eigenvalue weighted by Gasteiger charge is -2.11. The molecule has 0 amide bonds. The van der Waals surface area contributed by atoms with Gasteiger partial charge in [-0.05, 0) is 44.4 Å². The van der Waals surface area contributed by atoms with Crippen molar-refractivity contribution >= 4 is 5.57 Å².